The van der Waals surface area contributed by atoms with Gasteiger partial charge in [-0.25, -0.2) is 0 Å². The van der Waals surface area contributed by atoms with E-state index in [0.29, 0.717) is 6.42 Å². The molecule has 0 aliphatic carbocycles. The van der Waals surface area contributed by atoms with Gasteiger partial charge in [-0.15, -0.1) is 6.58 Å². The Morgan fingerprint density at radius 2 is 2.00 bits per heavy atom. The van der Waals surface area contributed by atoms with Crippen LogP contribution in [0.5, 0.6) is 0 Å². The highest BCUT2D eigenvalue weighted by molar-refractivity contribution is 4.93. The van der Waals surface area contributed by atoms with Gasteiger partial charge in [0.2, 0.25) is 0 Å². The zero-order chi connectivity index (χ0) is 9.78. The molecule has 1 N–H and O–H groups in total. The second kappa shape index (κ2) is 4.50. The number of hydrogen-bond donors (Lipinski definition) is 1. The van der Waals surface area contributed by atoms with E-state index >= 15 is 0 Å². The molecule has 0 amide bonds. The zero-order valence-electron chi connectivity index (χ0n) is 7.33. The Kier molecular flexibility index (Phi) is 4.31. The molecule has 0 aliphatic heterocycles. The Bertz CT molecular complexity index is 151. The van der Waals surface area contributed by atoms with Crippen molar-refractivity contribution >= 4 is 0 Å². The molecular weight excluding hydrogens is 167 g/mol. The van der Waals surface area contributed by atoms with Gasteiger partial charge >= 0.3 is 6.18 Å². The van der Waals surface area contributed by atoms with E-state index in [-0.39, 0.29) is 0 Å². The molecule has 0 rings (SSSR count). The van der Waals surface area contributed by atoms with Crippen molar-refractivity contribution in [3.05, 3.63) is 12.2 Å². The van der Waals surface area contributed by atoms with Crippen LogP contribution in [0.25, 0.3) is 0 Å². The van der Waals surface area contributed by atoms with Crippen molar-refractivity contribution in [2.75, 3.05) is 7.05 Å². The van der Waals surface area contributed by atoms with Crippen LogP contribution in [0.4, 0.5) is 13.2 Å². The van der Waals surface area contributed by atoms with Crippen molar-refractivity contribution in [1.82, 2.24) is 5.32 Å². The van der Waals surface area contributed by atoms with Gasteiger partial charge in [-0.3, -0.25) is 0 Å². The van der Waals surface area contributed by atoms with Gasteiger partial charge < -0.3 is 5.32 Å². The first kappa shape index (κ1) is 11.5. The third kappa shape index (κ3) is 6.22. The van der Waals surface area contributed by atoms with E-state index in [9.17, 15) is 13.2 Å². The standard InChI is InChI=1S/C8H14F3N/c1-6(2)4-7(12-3)5-8(9,10)11/h7,12H,1,4-5H2,2-3H3. The molecule has 0 fully saturated rings. The van der Waals surface area contributed by atoms with Crippen LogP contribution in [0.15, 0.2) is 12.2 Å². The molecule has 0 bridgehead atoms. The molecule has 1 atom stereocenters. The van der Waals surface area contributed by atoms with Gasteiger partial charge in [0.05, 0.1) is 6.42 Å². The highest BCUT2D eigenvalue weighted by Gasteiger charge is 2.30. The SMILES string of the molecule is C=C(C)CC(CC(F)(F)F)NC. The predicted molar refractivity (Wildman–Crippen MR) is 43.0 cm³/mol. The molecule has 1 nitrogen and oxygen atoms in total. The van der Waals surface area contributed by atoms with Crippen molar-refractivity contribution in [1.29, 1.82) is 0 Å². The maximum atomic E-state index is 11.9. The van der Waals surface area contributed by atoms with E-state index in [1.807, 2.05) is 0 Å². The minimum absolute atomic E-state index is 0.371. The van der Waals surface area contributed by atoms with Gasteiger partial charge in [0.1, 0.15) is 0 Å². The van der Waals surface area contributed by atoms with Crippen LogP contribution in [0, 0.1) is 0 Å². The molecule has 0 saturated carbocycles. The van der Waals surface area contributed by atoms with Gasteiger partial charge in [0.15, 0.2) is 0 Å². The van der Waals surface area contributed by atoms with Crippen molar-refractivity contribution in [3.63, 3.8) is 0 Å². The van der Waals surface area contributed by atoms with E-state index in [4.69, 9.17) is 0 Å². The first-order valence-electron chi connectivity index (χ1n) is 3.73. The van der Waals surface area contributed by atoms with Crippen molar-refractivity contribution < 1.29 is 13.2 Å². The highest BCUT2D eigenvalue weighted by atomic mass is 19.4. The largest absolute Gasteiger partial charge is 0.390 e. The van der Waals surface area contributed by atoms with E-state index in [1.54, 1.807) is 6.92 Å². The average Bonchev–Trinajstić information content (AvgIpc) is 1.82. The van der Waals surface area contributed by atoms with Crippen molar-refractivity contribution in [2.45, 2.75) is 32.0 Å². The Morgan fingerprint density at radius 3 is 2.25 bits per heavy atom. The van der Waals surface area contributed by atoms with E-state index in [1.165, 1.54) is 7.05 Å². The molecule has 0 aromatic rings. The molecule has 0 spiro atoms. The lowest BCUT2D eigenvalue weighted by Gasteiger charge is -2.17. The minimum atomic E-state index is -4.09. The van der Waals surface area contributed by atoms with Crippen LogP contribution >= 0.6 is 0 Å². The Balaban J connectivity index is 3.92. The molecule has 12 heavy (non-hydrogen) atoms. The zero-order valence-corrected chi connectivity index (χ0v) is 7.33. The lowest BCUT2D eigenvalue weighted by atomic mass is 10.1. The quantitative estimate of drug-likeness (QED) is 0.657. The summed E-state index contributed by atoms with van der Waals surface area (Å²) in [5, 5.41) is 2.61. The fraction of sp³-hybridized carbons (Fsp3) is 0.750. The van der Waals surface area contributed by atoms with Crippen molar-refractivity contribution in [2.24, 2.45) is 0 Å². The molecule has 0 heterocycles. The summed E-state index contributed by atoms with van der Waals surface area (Å²) >= 11 is 0. The van der Waals surface area contributed by atoms with E-state index in [2.05, 4.69) is 11.9 Å². The van der Waals surface area contributed by atoms with Gasteiger partial charge in [0, 0.05) is 6.04 Å². The summed E-state index contributed by atoms with van der Waals surface area (Å²) in [7, 11) is 1.53. The van der Waals surface area contributed by atoms with E-state index in [0.717, 1.165) is 5.57 Å². The summed E-state index contributed by atoms with van der Waals surface area (Å²) in [6.07, 6.45) is -4.52. The summed E-state index contributed by atoms with van der Waals surface area (Å²) in [6, 6.07) is -0.539. The Labute approximate surface area is 70.7 Å². The lowest BCUT2D eigenvalue weighted by Crippen LogP contribution is -2.31. The number of hydrogen-bond acceptors (Lipinski definition) is 1. The molecule has 0 aromatic carbocycles. The smallest absolute Gasteiger partial charge is 0.316 e. The molecule has 4 heteroatoms. The Morgan fingerprint density at radius 1 is 1.50 bits per heavy atom. The molecule has 0 radical (unpaired) electrons. The maximum absolute atomic E-state index is 11.9. The molecular formula is C8H14F3N. The summed E-state index contributed by atoms with van der Waals surface area (Å²) in [5.41, 5.74) is 0.763. The van der Waals surface area contributed by atoms with E-state index < -0.39 is 18.6 Å². The fourth-order valence-corrected chi connectivity index (χ4v) is 0.976. The summed E-state index contributed by atoms with van der Waals surface area (Å²) < 4.78 is 35.6. The maximum Gasteiger partial charge on any atom is 0.390 e. The first-order valence-corrected chi connectivity index (χ1v) is 3.73. The third-order valence-electron chi connectivity index (χ3n) is 1.48. The molecule has 0 saturated heterocycles. The van der Waals surface area contributed by atoms with Crippen LogP contribution in [0.2, 0.25) is 0 Å². The van der Waals surface area contributed by atoms with Crippen LogP contribution in [0.1, 0.15) is 19.8 Å². The van der Waals surface area contributed by atoms with Crippen LogP contribution in [-0.2, 0) is 0 Å². The van der Waals surface area contributed by atoms with Gasteiger partial charge in [0.25, 0.3) is 0 Å². The predicted octanol–water partition coefficient (Wildman–Crippen LogP) is 2.49. The van der Waals surface area contributed by atoms with Gasteiger partial charge in [-0.2, -0.15) is 13.2 Å². The van der Waals surface area contributed by atoms with Crippen molar-refractivity contribution in [3.8, 4) is 0 Å². The topological polar surface area (TPSA) is 12.0 Å². The Hall–Kier alpha value is -0.510. The molecule has 0 aromatic heterocycles. The monoisotopic (exact) mass is 181 g/mol. The normalized spacial score (nSPS) is 14.4. The number of nitrogens with one attached hydrogen (secondary N) is 1. The third-order valence-corrected chi connectivity index (χ3v) is 1.48. The molecule has 72 valence electrons. The number of halogens is 3. The van der Waals surface area contributed by atoms with Crippen LogP contribution in [-0.4, -0.2) is 19.3 Å². The van der Waals surface area contributed by atoms with Crippen LogP contribution < -0.4 is 5.32 Å². The number of alkyl halides is 3. The minimum Gasteiger partial charge on any atom is -0.316 e. The average molecular weight is 181 g/mol. The highest BCUT2D eigenvalue weighted by Crippen LogP contribution is 2.23. The molecule has 1 unspecified atom stereocenters. The molecule has 0 aliphatic rings. The fourth-order valence-electron chi connectivity index (χ4n) is 0.976. The second-order valence-corrected chi connectivity index (χ2v) is 2.97. The van der Waals surface area contributed by atoms with Gasteiger partial charge in [-0.05, 0) is 20.4 Å². The summed E-state index contributed by atoms with van der Waals surface area (Å²) in [6.45, 7) is 5.29. The lowest BCUT2D eigenvalue weighted by molar-refractivity contribution is -0.139. The summed E-state index contributed by atoms with van der Waals surface area (Å²) in [4.78, 5) is 0. The number of rotatable bonds is 4. The second-order valence-electron chi connectivity index (χ2n) is 2.97. The summed E-state index contributed by atoms with van der Waals surface area (Å²) in [5.74, 6) is 0. The van der Waals surface area contributed by atoms with Gasteiger partial charge in [-0.1, -0.05) is 5.57 Å². The van der Waals surface area contributed by atoms with Crippen LogP contribution in [0.3, 0.4) is 0 Å². The first-order chi connectivity index (χ1) is 5.35.